The van der Waals surface area contributed by atoms with Crippen LogP contribution in [0.5, 0.6) is 11.6 Å². The highest BCUT2D eigenvalue weighted by molar-refractivity contribution is 5.80. The quantitative estimate of drug-likeness (QED) is 0.849. The predicted molar refractivity (Wildman–Crippen MR) is 85.3 cm³/mol. The number of hydrogen-bond donors (Lipinski definition) is 1. The van der Waals surface area contributed by atoms with Crippen LogP contribution in [0.15, 0.2) is 24.4 Å². The zero-order valence-electron chi connectivity index (χ0n) is 14.0. The molecule has 0 bridgehead atoms. The average molecular weight is 366 g/mol. The van der Waals surface area contributed by atoms with E-state index in [2.05, 4.69) is 20.3 Å². The van der Waals surface area contributed by atoms with Gasteiger partial charge in [0, 0.05) is 29.9 Å². The molecule has 2 aromatic heterocycles. The molecule has 1 fully saturated rings. The van der Waals surface area contributed by atoms with E-state index < -0.39 is 11.9 Å². The Morgan fingerprint density at radius 3 is 2.73 bits per heavy atom. The molecule has 1 saturated carbocycles. The van der Waals surface area contributed by atoms with E-state index in [9.17, 15) is 18.0 Å². The maximum atomic E-state index is 12.8. The molecule has 26 heavy (non-hydrogen) atoms. The zero-order chi connectivity index (χ0) is 18.7. The third-order valence-electron chi connectivity index (χ3n) is 3.78. The Labute approximate surface area is 147 Å². The van der Waals surface area contributed by atoms with E-state index in [-0.39, 0.29) is 30.0 Å². The standard InChI is InChI=1S/C17H17F3N4O2/c1-2-11-7-15(24-14(23-11)9-22-16(25)10-3-4-10)26-12-5-6-21-13(8-12)17(18,19)20/h5-8,10H,2-4,9H2,1H3,(H,22,25). The van der Waals surface area contributed by atoms with Crippen molar-refractivity contribution in [3.63, 3.8) is 0 Å². The largest absolute Gasteiger partial charge is 0.439 e. The highest BCUT2D eigenvalue weighted by Gasteiger charge is 2.33. The van der Waals surface area contributed by atoms with Gasteiger partial charge < -0.3 is 10.1 Å². The second-order valence-corrected chi connectivity index (χ2v) is 5.94. The normalized spacial score (nSPS) is 14.2. The van der Waals surface area contributed by atoms with E-state index in [0.29, 0.717) is 17.9 Å². The molecule has 0 radical (unpaired) electrons. The van der Waals surface area contributed by atoms with Crippen LogP contribution in [0.25, 0.3) is 0 Å². The molecule has 1 aliphatic carbocycles. The lowest BCUT2D eigenvalue weighted by molar-refractivity contribution is -0.141. The van der Waals surface area contributed by atoms with Crippen LogP contribution >= 0.6 is 0 Å². The van der Waals surface area contributed by atoms with Crippen molar-refractivity contribution in [1.29, 1.82) is 0 Å². The summed E-state index contributed by atoms with van der Waals surface area (Å²) >= 11 is 0. The van der Waals surface area contributed by atoms with Crippen molar-refractivity contribution >= 4 is 5.91 Å². The van der Waals surface area contributed by atoms with Crippen molar-refractivity contribution in [2.24, 2.45) is 5.92 Å². The number of halogens is 3. The molecule has 138 valence electrons. The van der Waals surface area contributed by atoms with Crippen molar-refractivity contribution < 1.29 is 22.7 Å². The Kier molecular flexibility index (Phi) is 5.06. The van der Waals surface area contributed by atoms with Crippen molar-refractivity contribution in [2.75, 3.05) is 0 Å². The Morgan fingerprint density at radius 2 is 2.08 bits per heavy atom. The molecule has 0 aromatic carbocycles. The summed E-state index contributed by atoms with van der Waals surface area (Å²) in [5.41, 5.74) is -0.382. The van der Waals surface area contributed by atoms with Crippen LogP contribution < -0.4 is 10.1 Å². The number of nitrogens with one attached hydrogen (secondary N) is 1. The maximum Gasteiger partial charge on any atom is 0.433 e. The number of pyridine rings is 1. The molecule has 2 heterocycles. The van der Waals surface area contributed by atoms with Crippen LogP contribution in [0.1, 0.15) is 37.0 Å². The molecule has 1 aliphatic rings. The van der Waals surface area contributed by atoms with E-state index in [1.165, 1.54) is 6.07 Å². The van der Waals surface area contributed by atoms with Crippen molar-refractivity contribution in [2.45, 2.75) is 38.9 Å². The minimum Gasteiger partial charge on any atom is -0.439 e. The van der Waals surface area contributed by atoms with Crippen LogP contribution in [0.2, 0.25) is 0 Å². The lowest BCUT2D eigenvalue weighted by Crippen LogP contribution is -2.25. The van der Waals surface area contributed by atoms with Gasteiger partial charge in [-0.1, -0.05) is 6.92 Å². The fraction of sp³-hybridized carbons (Fsp3) is 0.412. The molecule has 0 saturated heterocycles. The average Bonchev–Trinajstić information content (AvgIpc) is 3.44. The second-order valence-electron chi connectivity index (χ2n) is 5.94. The van der Waals surface area contributed by atoms with E-state index >= 15 is 0 Å². The van der Waals surface area contributed by atoms with Gasteiger partial charge >= 0.3 is 6.18 Å². The topological polar surface area (TPSA) is 77.0 Å². The van der Waals surface area contributed by atoms with Gasteiger partial charge in [-0.2, -0.15) is 18.2 Å². The molecule has 0 unspecified atom stereocenters. The van der Waals surface area contributed by atoms with Gasteiger partial charge in [0.15, 0.2) is 5.82 Å². The molecule has 0 spiro atoms. The number of aryl methyl sites for hydroxylation is 1. The number of ether oxygens (including phenoxy) is 1. The van der Waals surface area contributed by atoms with Crippen molar-refractivity contribution in [1.82, 2.24) is 20.3 Å². The Hall–Kier alpha value is -2.71. The summed E-state index contributed by atoms with van der Waals surface area (Å²) in [5, 5.41) is 2.75. The molecule has 6 nitrogen and oxygen atoms in total. The van der Waals surface area contributed by atoms with Crippen LogP contribution in [-0.2, 0) is 23.9 Å². The van der Waals surface area contributed by atoms with E-state index in [4.69, 9.17) is 4.74 Å². The first-order chi connectivity index (χ1) is 12.3. The zero-order valence-corrected chi connectivity index (χ0v) is 14.0. The smallest absolute Gasteiger partial charge is 0.433 e. The molecule has 0 atom stereocenters. The number of hydrogen-bond acceptors (Lipinski definition) is 5. The number of alkyl halides is 3. The first-order valence-corrected chi connectivity index (χ1v) is 8.21. The van der Waals surface area contributed by atoms with Crippen LogP contribution in [0, 0.1) is 5.92 Å². The molecule has 3 rings (SSSR count). The summed E-state index contributed by atoms with van der Waals surface area (Å²) in [6.07, 6.45) is -1.17. The SMILES string of the molecule is CCc1cc(Oc2ccnc(C(F)(F)F)c2)nc(CNC(=O)C2CC2)n1. The van der Waals surface area contributed by atoms with E-state index in [1.54, 1.807) is 6.07 Å². The molecule has 9 heteroatoms. The van der Waals surface area contributed by atoms with E-state index in [1.807, 2.05) is 6.92 Å². The third-order valence-corrected chi connectivity index (χ3v) is 3.78. The van der Waals surface area contributed by atoms with Gasteiger partial charge in [0.05, 0.1) is 6.54 Å². The summed E-state index contributed by atoms with van der Waals surface area (Å²) in [5.74, 6) is 0.464. The van der Waals surface area contributed by atoms with Crippen LogP contribution in [0.4, 0.5) is 13.2 Å². The lowest BCUT2D eigenvalue weighted by Gasteiger charge is -2.11. The lowest BCUT2D eigenvalue weighted by atomic mass is 10.3. The van der Waals surface area contributed by atoms with Gasteiger partial charge in [-0.05, 0) is 25.3 Å². The van der Waals surface area contributed by atoms with Gasteiger partial charge in [-0.25, -0.2) is 4.98 Å². The Morgan fingerprint density at radius 1 is 1.31 bits per heavy atom. The first kappa shape index (κ1) is 18.1. The number of amides is 1. The third kappa shape index (κ3) is 4.68. The summed E-state index contributed by atoms with van der Waals surface area (Å²) in [6, 6.07) is 3.68. The van der Waals surface area contributed by atoms with Crippen LogP contribution in [0.3, 0.4) is 0 Å². The molecular formula is C17H17F3N4O2. The molecule has 1 amide bonds. The number of carbonyl (C=O) groups excluding carboxylic acids is 1. The maximum absolute atomic E-state index is 12.8. The van der Waals surface area contributed by atoms with Gasteiger partial charge in [0.2, 0.25) is 11.8 Å². The second kappa shape index (κ2) is 7.27. The van der Waals surface area contributed by atoms with Gasteiger partial charge in [0.25, 0.3) is 0 Å². The highest BCUT2D eigenvalue weighted by Crippen LogP contribution is 2.31. The van der Waals surface area contributed by atoms with E-state index in [0.717, 1.165) is 25.1 Å². The monoisotopic (exact) mass is 366 g/mol. The highest BCUT2D eigenvalue weighted by atomic mass is 19.4. The first-order valence-electron chi connectivity index (χ1n) is 8.21. The molecule has 0 aliphatic heterocycles. The van der Waals surface area contributed by atoms with Gasteiger partial charge in [-0.15, -0.1) is 0 Å². The number of nitrogens with zero attached hydrogens (tertiary/aromatic N) is 3. The summed E-state index contributed by atoms with van der Waals surface area (Å²) in [6.45, 7) is 2.02. The fourth-order valence-corrected chi connectivity index (χ4v) is 2.24. The number of rotatable bonds is 6. The molecule has 2 aromatic rings. The predicted octanol–water partition coefficient (Wildman–Crippen LogP) is 3.27. The molecule has 1 N–H and O–H groups in total. The summed E-state index contributed by atoms with van der Waals surface area (Å²) in [7, 11) is 0. The Balaban J connectivity index is 1.76. The summed E-state index contributed by atoms with van der Waals surface area (Å²) < 4.78 is 43.7. The fourth-order valence-electron chi connectivity index (χ4n) is 2.24. The van der Waals surface area contributed by atoms with Crippen molar-refractivity contribution in [3.8, 4) is 11.6 Å². The van der Waals surface area contributed by atoms with Gasteiger partial charge in [-0.3, -0.25) is 9.78 Å². The van der Waals surface area contributed by atoms with Gasteiger partial charge in [0.1, 0.15) is 11.4 Å². The molecular weight excluding hydrogens is 349 g/mol. The Bertz CT molecular complexity index is 807. The minimum atomic E-state index is -4.56. The van der Waals surface area contributed by atoms with Crippen LogP contribution in [-0.4, -0.2) is 20.9 Å². The number of carbonyl (C=O) groups is 1. The summed E-state index contributed by atoms with van der Waals surface area (Å²) in [4.78, 5) is 23.5. The minimum absolute atomic E-state index is 0.0268. The van der Waals surface area contributed by atoms with Crippen molar-refractivity contribution in [3.05, 3.63) is 41.6 Å². The number of aromatic nitrogens is 3.